The number of carbonyl (C=O) groups excluding carboxylic acids is 2. The summed E-state index contributed by atoms with van der Waals surface area (Å²) >= 11 is 6.15. The Bertz CT molecular complexity index is 1160. The molecule has 176 valence electrons. The molecule has 3 N–H and O–H groups in total. The molecule has 3 aromatic rings. The van der Waals surface area contributed by atoms with E-state index in [0.29, 0.717) is 28.5 Å². The van der Waals surface area contributed by atoms with E-state index in [1.165, 1.54) is 6.42 Å². The molecule has 3 amide bonds. The van der Waals surface area contributed by atoms with Gasteiger partial charge in [0.05, 0.1) is 5.56 Å². The minimum atomic E-state index is -0.410. The van der Waals surface area contributed by atoms with Crippen molar-refractivity contribution in [3.8, 4) is 0 Å². The van der Waals surface area contributed by atoms with Gasteiger partial charge in [0, 0.05) is 54.1 Å². The lowest BCUT2D eigenvalue weighted by atomic mass is 10.1. The smallest absolute Gasteiger partial charge is 0.323 e. The van der Waals surface area contributed by atoms with Crippen molar-refractivity contribution in [2.75, 3.05) is 28.6 Å². The number of aryl methyl sites for hydroxylation is 1. The fourth-order valence-electron chi connectivity index (χ4n) is 3.95. The Labute approximate surface area is 204 Å². The molecule has 2 aromatic carbocycles. The molecule has 0 saturated carbocycles. The number of aromatic nitrogens is 1. The Morgan fingerprint density at radius 1 is 1.00 bits per heavy atom. The van der Waals surface area contributed by atoms with E-state index in [-0.39, 0.29) is 5.91 Å². The van der Waals surface area contributed by atoms with E-state index in [1.807, 2.05) is 37.3 Å². The average molecular weight is 478 g/mol. The zero-order valence-electron chi connectivity index (χ0n) is 19.1. The lowest BCUT2D eigenvalue weighted by Gasteiger charge is -2.30. The first-order valence-electron chi connectivity index (χ1n) is 11.4. The normalized spacial score (nSPS) is 13.3. The lowest BCUT2D eigenvalue weighted by Crippen LogP contribution is -2.33. The van der Waals surface area contributed by atoms with Crippen LogP contribution in [0.4, 0.5) is 21.9 Å². The summed E-state index contributed by atoms with van der Waals surface area (Å²) in [4.78, 5) is 32.1. The number of amides is 3. The van der Waals surface area contributed by atoms with Gasteiger partial charge < -0.3 is 20.9 Å². The number of pyridine rings is 1. The highest BCUT2D eigenvalue weighted by Gasteiger charge is 2.20. The minimum Gasteiger partial charge on any atom is -0.371 e. The van der Waals surface area contributed by atoms with Gasteiger partial charge in [0.25, 0.3) is 5.91 Å². The van der Waals surface area contributed by atoms with Gasteiger partial charge in [-0.05, 0) is 73.7 Å². The SMILES string of the molecule is Cc1ccc(NC(=O)Nc2ccc(N3CCCCC3)c(C(=O)NCc3cccnc3)c2)cc1Cl. The maximum atomic E-state index is 13.2. The molecular formula is C26H28ClN5O2. The number of anilines is 3. The summed E-state index contributed by atoms with van der Waals surface area (Å²) < 4.78 is 0. The summed E-state index contributed by atoms with van der Waals surface area (Å²) in [6.45, 7) is 4.09. The van der Waals surface area contributed by atoms with Crippen molar-refractivity contribution in [2.45, 2.75) is 32.7 Å². The highest BCUT2D eigenvalue weighted by atomic mass is 35.5. The van der Waals surface area contributed by atoms with Crippen molar-refractivity contribution in [3.05, 3.63) is 82.6 Å². The van der Waals surface area contributed by atoms with Crippen LogP contribution >= 0.6 is 11.6 Å². The second-order valence-electron chi connectivity index (χ2n) is 8.37. The second kappa shape index (κ2) is 11.0. The lowest BCUT2D eigenvalue weighted by molar-refractivity contribution is 0.0951. The summed E-state index contributed by atoms with van der Waals surface area (Å²) in [6, 6.07) is 14.1. The third kappa shape index (κ3) is 6.05. The first-order chi connectivity index (χ1) is 16.5. The average Bonchev–Trinajstić information content (AvgIpc) is 2.86. The summed E-state index contributed by atoms with van der Waals surface area (Å²) in [7, 11) is 0. The highest BCUT2D eigenvalue weighted by molar-refractivity contribution is 6.31. The maximum Gasteiger partial charge on any atom is 0.323 e. The second-order valence-corrected chi connectivity index (χ2v) is 8.77. The summed E-state index contributed by atoms with van der Waals surface area (Å²) in [5.74, 6) is -0.196. The predicted octanol–water partition coefficient (Wildman–Crippen LogP) is 5.61. The number of halogens is 1. The molecule has 7 nitrogen and oxygen atoms in total. The van der Waals surface area contributed by atoms with Crippen LogP contribution in [0.25, 0.3) is 0 Å². The standard InChI is InChI=1S/C26H28ClN5O2/c1-18-7-8-21(15-23(18)27)31-26(34)30-20-9-10-24(32-12-3-2-4-13-32)22(14-20)25(33)29-17-19-6-5-11-28-16-19/h5-11,14-16H,2-4,12-13,17H2,1H3,(H,29,33)(H2,30,31,34). The van der Waals surface area contributed by atoms with E-state index in [1.54, 1.807) is 30.6 Å². The molecule has 0 aliphatic carbocycles. The zero-order chi connectivity index (χ0) is 23.9. The Hall–Kier alpha value is -3.58. The van der Waals surface area contributed by atoms with Crippen molar-refractivity contribution in [2.24, 2.45) is 0 Å². The molecule has 0 unspecified atom stereocenters. The number of carbonyl (C=O) groups is 2. The van der Waals surface area contributed by atoms with Gasteiger partial charge in [0.15, 0.2) is 0 Å². The van der Waals surface area contributed by atoms with Crippen molar-refractivity contribution in [1.82, 2.24) is 10.3 Å². The number of urea groups is 1. The minimum absolute atomic E-state index is 0.196. The molecule has 1 aromatic heterocycles. The molecule has 0 atom stereocenters. The van der Waals surface area contributed by atoms with E-state index in [4.69, 9.17) is 11.6 Å². The fourth-order valence-corrected chi connectivity index (χ4v) is 4.13. The molecular weight excluding hydrogens is 450 g/mol. The molecule has 1 fully saturated rings. The van der Waals surface area contributed by atoms with Crippen molar-refractivity contribution in [3.63, 3.8) is 0 Å². The van der Waals surface area contributed by atoms with Crippen LogP contribution in [-0.2, 0) is 6.54 Å². The third-order valence-electron chi connectivity index (χ3n) is 5.80. The Morgan fingerprint density at radius 2 is 1.74 bits per heavy atom. The van der Waals surface area contributed by atoms with Gasteiger partial charge >= 0.3 is 6.03 Å². The summed E-state index contributed by atoms with van der Waals surface area (Å²) in [5.41, 5.74) is 4.38. The predicted molar refractivity (Wildman–Crippen MR) is 137 cm³/mol. The molecule has 34 heavy (non-hydrogen) atoms. The molecule has 0 spiro atoms. The van der Waals surface area contributed by atoms with Crippen LogP contribution in [0.2, 0.25) is 5.02 Å². The molecule has 1 aliphatic heterocycles. The number of piperidine rings is 1. The van der Waals surface area contributed by atoms with Crippen LogP contribution in [0.3, 0.4) is 0 Å². The van der Waals surface area contributed by atoms with Gasteiger partial charge in [0.2, 0.25) is 0 Å². The van der Waals surface area contributed by atoms with E-state index < -0.39 is 6.03 Å². The largest absolute Gasteiger partial charge is 0.371 e. The van der Waals surface area contributed by atoms with Crippen LogP contribution in [0.15, 0.2) is 60.9 Å². The number of hydrogen-bond donors (Lipinski definition) is 3. The number of hydrogen-bond acceptors (Lipinski definition) is 4. The fraction of sp³-hybridized carbons (Fsp3) is 0.269. The monoisotopic (exact) mass is 477 g/mol. The van der Waals surface area contributed by atoms with Crippen LogP contribution < -0.4 is 20.9 Å². The third-order valence-corrected chi connectivity index (χ3v) is 6.21. The van der Waals surface area contributed by atoms with Gasteiger partial charge in [-0.15, -0.1) is 0 Å². The summed E-state index contributed by atoms with van der Waals surface area (Å²) in [6.07, 6.45) is 6.81. The van der Waals surface area contributed by atoms with Crippen molar-refractivity contribution >= 4 is 40.6 Å². The Morgan fingerprint density at radius 3 is 2.44 bits per heavy atom. The van der Waals surface area contributed by atoms with E-state index in [9.17, 15) is 9.59 Å². The zero-order valence-corrected chi connectivity index (χ0v) is 19.9. The topological polar surface area (TPSA) is 86.4 Å². The first kappa shape index (κ1) is 23.6. The molecule has 1 aliphatic rings. The van der Waals surface area contributed by atoms with Gasteiger partial charge in [-0.25, -0.2) is 4.79 Å². The van der Waals surface area contributed by atoms with Crippen LogP contribution in [0, 0.1) is 6.92 Å². The van der Waals surface area contributed by atoms with E-state index in [0.717, 1.165) is 42.7 Å². The molecule has 8 heteroatoms. The van der Waals surface area contributed by atoms with Gasteiger partial charge in [-0.3, -0.25) is 9.78 Å². The summed E-state index contributed by atoms with van der Waals surface area (Å²) in [5, 5.41) is 9.16. The molecule has 0 radical (unpaired) electrons. The number of nitrogens with one attached hydrogen (secondary N) is 3. The van der Waals surface area contributed by atoms with Crippen molar-refractivity contribution < 1.29 is 9.59 Å². The highest BCUT2D eigenvalue weighted by Crippen LogP contribution is 2.28. The number of nitrogens with zero attached hydrogens (tertiary/aromatic N) is 2. The van der Waals surface area contributed by atoms with Gasteiger partial charge in [0.1, 0.15) is 0 Å². The van der Waals surface area contributed by atoms with Crippen LogP contribution in [0.5, 0.6) is 0 Å². The quantitative estimate of drug-likeness (QED) is 0.431. The van der Waals surface area contributed by atoms with Crippen LogP contribution in [-0.4, -0.2) is 30.0 Å². The molecule has 1 saturated heterocycles. The van der Waals surface area contributed by atoms with Gasteiger partial charge in [-0.2, -0.15) is 0 Å². The first-order valence-corrected chi connectivity index (χ1v) is 11.8. The van der Waals surface area contributed by atoms with E-state index in [2.05, 4.69) is 25.8 Å². The maximum absolute atomic E-state index is 13.2. The number of rotatable bonds is 6. The molecule has 4 rings (SSSR count). The van der Waals surface area contributed by atoms with Gasteiger partial charge in [-0.1, -0.05) is 23.7 Å². The van der Waals surface area contributed by atoms with Crippen LogP contribution in [0.1, 0.15) is 40.7 Å². The Kier molecular flexibility index (Phi) is 7.65. The molecule has 2 heterocycles. The number of benzene rings is 2. The Balaban J connectivity index is 1.51. The molecule has 0 bridgehead atoms. The van der Waals surface area contributed by atoms with Crippen molar-refractivity contribution in [1.29, 1.82) is 0 Å². The van der Waals surface area contributed by atoms with E-state index >= 15 is 0 Å².